The van der Waals surface area contributed by atoms with Gasteiger partial charge in [0.15, 0.2) is 0 Å². The summed E-state index contributed by atoms with van der Waals surface area (Å²) in [4.78, 5) is 173. The zero-order valence-corrected chi connectivity index (χ0v) is 49.7. The summed E-state index contributed by atoms with van der Waals surface area (Å²) in [5, 5.41) is 61.3. The molecule has 0 bridgehead atoms. The highest BCUT2D eigenvalue weighted by atomic mass is 16.4. The van der Waals surface area contributed by atoms with Crippen LogP contribution in [0.4, 0.5) is 0 Å². The first-order chi connectivity index (χ1) is 39.8. The Balaban J connectivity index is 3.53. The number of carbonyl (C=O) groups excluding carboxylic acids is 11. The Morgan fingerprint density at radius 1 is 0.482 bits per heavy atom. The standard InChI is InChI=1S/C55H91N13O17/c1-9-28(6)43(59)53(82)65-36(23-31-15-17-32(70)18-16-31)49(78)61-34(19-20-40(57)71)46(75)62-35(22-27(4)5)48(77)63-37(24-41(58)72)50(79)66-39(26-69)52(81)64-38(25-42(73)74)51(80)60-33(14-12-13-21-56)47(76)67-44(29(7)10-2)54(83)68-45(55(84)85)30(8)11-3/h15-18,27-30,33-39,43-45,69-70H,9-14,19-26,56,59H2,1-8H3,(H2,57,71)(H2,58,72)(H,60,80)(H,61,78)(H,62,75)(H,63,77)(H,64,81)(H,65,82)(H,66,79)(H,67,76)(H,68,83)(H,73,74)(H,84,85)/t28-,29-,30-,33-,34-,35-,36-,37-,38-,39-,43-,44-,45-/m0/s1. The molecule has 13 atom stereocenters. The molecule has 30 nitrogen and oxygen atoms in total. The Morgan fingerprint density at radius 2 is 0.906 bits per heavy atom. The highest BCUT2D eigenvalue weighted by molar-refractivity contribution is 6.00. The highest BCUT2D eigenvalue weighted by Gasteiger charge is 2.38. The Labute approximate surface area is 494 Å². The summed E-state index contributed by atoms with van der Waals surface area (Å²) in [6.07, 6.45) is -1.54. The van der Waals surface area contributed by atoms with Crippen molar-refractivity contribution in [3.05, 3.63) is 29.8 Å². The molecular formula is C55H91N13O17. The smallest absolute Gasteiger partial charge is 0.326 e. The number of hydrogen-bond acceptors (Lipinski definition) is 17. The third-order valence-electron chi connectivity index (χ3n) is 14.2. The van der Waals surface area contributed by atoms with E-state index in [9.17, 15) is 82.8 Å². The number of carbonyl (C=O) groups is 13. The van der Waals surface area contributed by atoms with E-state index in [1.807, 2.05) is 6.92 Å². The number of aliphatic hydroxyl groups excluding tert-OH is 1. The number of nitrogens with two attached hydrogens (primary N) is 4. The molecule has 1 aromatic carbocycles. The van der Waals surface area contributed by atoms with E-state index >= 15 is 0 Å². The Kier molecular flexibility index (Phi) is 33.6. The molecule has 11 amide bonds. The van der Waals surface area contributed by atoms with Crippen LogP contribution in [-0.2, 0) is 68.7 Å². The molecule has 0 aliphatic carbocycles. The number of phenolic OH excluding ortho intramolecular Hbond substituents is 1. The van der Waals surface area contributed by atoms with Gasteiger partial charge in [-0.15, -0.1) is 0 Å². The van der Waals surface area contributed by atoms with Crippen molar-refractivity contribution in [3.8, 4) is 5.75 Å². The number of aliphatic carboxylic acids is 2. The van der Waals surface area contributed by atoms with Crippen molar-refractivity contribution in [1.82, 2.24) is 47.9 Å². The Bertz CT molecular complexity index is 2450. The molecule has 1 rings (SSSR count). The highest BCUT2D eigenvalue weighted by Crippen LogP contribution is 2.16. The van der Waals surface area contributed by atoms with Gasteiger partial charge in [0.2, 0.25) is 65.0 Å². The number of aromatic hydroxyl groups is 1. The molecule has 1 aromatic rings. The molecule has 0 aliphatic rings. The average Bonchev–Trinajstić information content (AvgIpc) is 3.53. The Morgan fingerprint density at radius 3 is 1.39 bits per heavy atom. The zero-order valence-electron chi connectivity index (χ0n) is 49.7. The molecule has 478 valence electrons. The van der Waals surface area contributed by atoms with Gasteiger partial charge in [-0.25, -0.2) is 4.79 Å². The lowest BCUT2D eigenvalue weighted by molar-refractivity contribution is -0.144. The number of phenols is 1. The average molecular weight is 1210 g/mol. The summed E-state index contributed by atoms with van der Waals surface area (Å²) in [6, 6.07) is -9.94. The lowest BCUT2D eigenvalue weighted by Gasteiger charge is -2.29. The number of carboxylic acids is 2. The second-order valence-corrected chi connectivity index (χ2v) is 21.7. The fraction of sp³-hybridized carbons (Fsp3) is 0.655. The maximum Gasteiger partial charge on any atom is 0.326 e. The van der Waals surface area contributed by atoms with Crippen molar-refractivity contribution < 1.29 is 82.8 Å². The molecule has 0 fully saturated rings. The van der Waals surface area contributed by atoms with Crippen LogP contribution in [-0.4, -0.2) is 171 Å². The number of rotatable bonds is 41. The first kappa shape index (κ1) is 75.0. The molecule has 0 saturated carbocycles. The van der Waals surface area contributed by atoms with Crippen LogP contribution in [0.15, 0.2) is 24.3 Å². The topological polar surface area (TPSA) is 515 Å². The summed E-state index contributed by atoms with van der Waals surface area (Å²) in [5.41, 5.74) is 23.2. The van der Waals surface area contributed by atoms with E-state index < -0.39 is 181 Å². The SMILES string of the molecule is CC[C@H](C)[C@H](N)C(=O)N[C@@H](Cc1ccc(O)cc1)C(=O)N[C@@H](CCC(N)=O)C(=O)N[C@@H](CC(C)C)C(=O)N[C@@H](CC(N)=O)C(=O)N[C@@H](CO)C(=O)N[C@@H](CC(=O)O)C(=O)N[C@@H](CCCCN)C(=O)N[C@H](C(=O)N[C@H](C(=O)O)[C@@H](C)CC)[C@@H](C)CC. The van der Waals surface area contributed by atoms with Crippen molar-refractivity contribution in [3.63, 3.8) is 0 Å². The van der Waals surface area contributed by atoms with Crippen LogP contribution in [0, 0.1) is 23.7 Å². The zero-order chi connectivity index (χ0) is 64.8. The second-order valence-electron chi connectivity index (χ2n) is 21.7. The fourth-order valence-corrected chi connectivity index (χ4v) is 8.38. The van der Waals surface area contributed by atoms with Gasteiger partial charge in [-0.1, -0.05) is 86.8 Å². The van der Waals surface area contributed by atoms with Crippen LogP contribution >= 0.6 is 0 Å². The van der Waals surface area contributed by atoms with Gasteiger partial charge in [-0.05, 0) is 80.0 Å². The molecule has 21 N–H and O–H groups in total. The van der Waals surface area contributed by atoms with Crippen molar-refractivity contribution in [2.24, 2.45) is 46.6 Å². The van der Waals surface area contributed by atoms with E-state index in [0.717, 1.165) is 0 Å². The second kappa shape index (κ2) is 38.1. The van der Waals surface area contributed by atoms with Gasteiger partial charge < -0.3 is 91.2 Å². The van der Waals surface area contributed by atoms with Gasteiger partial charge in [-0.2, -0.15) is 0 Å². The van der Waals surface area contributed by atoms with Crippen molar-refractivity contribution >= 4 is 76.9 Å². The number of benzene rings is 1. The number of nitrogens with one attached hydrogen (secondary N) is 9. The van der Waals surface area contributed by atoms with Gasteiger partial charge in [0, 0.05) is 12.8 Å². The van der Waals surface area contributed by atoms with Crippen LogP contribution in [0.1, 0.15) is 132 Å². The van der Waals surface area contributed by atoms with E-state index in [2.05, 4.69) is 47.9 Å². The van der Waals surface area contributed by atoms with E-state index in [1.54, 1.807) is 48.5 Å². The van der Waals surface area contributed by atoms with Gasteiger partial charge in [0.25, 0.3) is 0 Å². The summed E-state index contributed by atoms with van der Waals surface area (Å²) >= 11 is 0. The lowest BCUT2D eigenvalue weighted by atomic mass is 9.95. The maximum atomic E-state index is 14.1. The first-order valence-electron chi connectivity index (χ1n) is 28.4. The number of aliphatic hydroxyl groups is 1. The van der Waals surface area contributed by atoms with E-state index in [4.69, 9.17) is 22.9 Å². The van der Waals surface area contributed by atoms with Crippen molar-refractivity contribution in [2.45, 2.75) is 193 Å². The first-order valence-corrected chi connectivity index (χ1v) is 28.4. The molecule has 0 aliphatic heterocycles. The van der Waals surface area contributed by atoms with Gasteiger partial charge in [0.05, 0.1) is 25.5 Å². The van der Waals surface area contributed by atoms with Gasteiger partial charge in [-0.3, -0.25) is 57.5 Å². The quantitative estimate of drug-likeness (QED) is 0.0285. The largest absolute Gasteiger partial charge is 0.508 e. The minimum Gasteiger partial charge on any atom is -0.508 e. The lowest BCUT2D eigenvalue weighted by Crippen LogP contribution is -2.62. The summed E-state index contributed by atoms with van der Waals surface area (Å²) in [7, 11) is 0. The normalized spacial score (nSPS) is 15.8. The number of unbranched alkanes of at least 4 members (excludes halogenated alkanes) is 1. The summed E-state index contributed by atoms with van der Waals surface area (Å²) in [5.74, 6) is -16.2. The van der Waals surface area contributed by atoms with Crippen LogP contribution in [0.5, 0.6) is 5.75 Å². The van der Waals surface area contributed by atoms with Crippen LogP contribution < -0.4 is 70.8 Å². The minimum atomic E-state index is -2.03. The van der Waals surface area contributed by atoms with Crippen LogP contribution in [0.25, 0.3) is 0 Å². The molecule has 30 heteroatoms. The number of amides is 11. The predicted molar refractivity (Wildman–Crippen MR) is 307 cm³/mol. The van der Waals surface area contributed by atoms with Gasteiger partial charge in [0.1, 0.15) is 60.1 Å². The molecule has 0 saturated heterocycles. The predicted octanol–water partition coefficient (Wildman–Crippen LogP) is -3.37. The number of carboxylic acid groups (broad SMARTS) is 2. The van der Waals surface area contributed by atoms with Crippen LogP contribution in [0.2, 0.25) is 0 Å². The molecule has 0 unspecified atom stereocenters. The van der Waals surface area contributed by atoms with E-state index in [0.29, 0.717) is 31.2 Å². The summed E-state index contributed by atoms with van der Waals surface area (Å²) < 4.78 is 0. The molecule has 85 heavy (non-hydrogen) atoms. The summed E-state index contributed by atoms with van der Waals surface area (Å²) in [6.45, 7) is 12.5. The van der Waals surface area contributed by atoms with Crippen molar-refractivity contribution in [1.29, 1.82) is 0 Å². The van der Waals surface area contributed by atoms with Crippen LogP contribution in [0.3, 0.4) is 0 Å². The molecule has 0 radical (unpaired) electrons. The monoisotopic (exact) mass is 1210 g/mol. The fourth-order valence-electron chi connectivity index (χ4n) is 8.38. The van der Waals surface area contributed by atoms with Gasteiger partial charge >= 0.3 is 11.9 Å². The van der Waals surface area contributed by atoms with E-state index in [1.165, 1.54) is 24.3 Å². The maximum absolute atomic E-state index is 14.1. The Hall–Kier alpha value is -7.99. The molecule has 0 heterocycles. The molecular weight excluding hydrogens is 1110 g/mol. The molecule has 0 spiro atoms. The minimum absolute atomic E-state index is 0.0804. The van der Waals surface area contributed by atoms with E-state index in [-0.39, 0.29) is 49.8 Å². The number of primary amides is 2. The number of hydrogen-bond donors (Lipinski definition) is 17. The third kappa shape index (κ3) is 27.1. The third-order valence-corrected chi connectivity index (χ3v) is 14.2. The molecule has 0 aromatic heterocycles. The van der Waals surface area contributed by atoms with Crippen molar-refractivity contribution in [2.75, 3.05) is 13.2 Å².